The zero-order chi connectivity index (χ0) is 24.3. The lowest BCUT2D eigenvalue weighted by Gasteiger charge is -2.38. The summed E-state index contributed by atoms with van der Waals surface area (Å²) in [5, 5.41) is 14.6. The number of rotatable bonds is 6. The lowest BCUT2D eigenvalue weighted by atomic mass is 9.72. The van der Waals surface area contributed by atoms with Crippen LogP contribution in [0.4, 0.5) is 4.79 Å². The molecule has 0 saturated carbocycles. The molecule has 1 aliphatic carbocycles. The van der Waals surface area contributed by atoms with Crippen molar-refractivity contribution < 1.29 is 24.3 Å². The SMILES string of the molecule is CC1=CN(C)C(=O)C(NC(=O)NC(CC(=O)O)C2(C)C=CC=C(c3cccc(C)c3)C2)C1=O. The van der Waals surface area contributed by atoms with E-state index in [0.29, 0.717) is 12.0 Å². The minimum atomic E-state index is -1.34. The third-order valence-corrected chi connectivity index (χ3v) is 6.12. The molecule has 3 N–H and O–H groups in total. The van der Waals surface area contributed by atoms with Gasteiger partial charge in [0.25, 0.3) is 5.91 Å². The number of ketones is 1. The smallest absolute Gasteiger partial charge is 0.316 e. The number of carboxylic acids is 1. The molecule has 1 aliphatic heterocycles. The van der Waals surface area contributed by atoms with E-state index in [1.165, 1.54) is 18.1 Å². The van der Waals surface area contributed by atoms with Crippen molar-refractivity contribution in [2.75, 3.05) is 7.05 Å². The molecule has 1 heterocycles. The number of amides is 3. The molecule has 8 nitrogen and oxygen atoms in total. The number of carboxylic acid groups (broad SMARTS) is 1. The lowest BCUT2D eigenvalue weighted by Crippen LogP contribution is -2.58. The lowest BCUT2D eigenvalue weighted by molar-refractivity contribution is -0.138. The Kier molecular flexibility index (Phi) is 6.86. The summed E-state index contributed by atoms with van der Waals surface area (Å²) in [7, 11) is 1.51. The molecule has 0 fully saturated rings. The molecule has 3 rings (SSSR count). The maximum absolute atomic E-state index is 12.8. The first-order valence-electron chi connectivity index (χ1n) is 10.7. The first-order chi connectivity index (χ1) is 15.5. The zero-order valence-electron chi connectivity index (χ0n) is 19.2. The number of nitrogens with one attached hydrogen (secondary N) is 2. The van der Waals surface area contributed by atoms with Gasteiger partial charge >= 0.3 is 12.0 Å². The van der Waals surface area contributed by atoms with E-state index in [-0.39, 0.29) is 6.42 Å². The molecule has 0 aromatic heterocycles. The number of hydrogen-bond acceptors (Lipinski definition) is 4. The topological polar surface area (TPSA) is 116 Å². The fraction of sp³-hybridized carbons (Fsp3) is 0.360. The van der Waals surface area contributed by atoms with Gasteiger partial charge in [0.05, 0.1) is 12.5 Å². The molecule has 3 unspecified atom stereocenters. The van der Waals surface area contributed by atoms with Gasteiger partial charge in [-0.25, -0.2) is 4.79 Å². The normalized spacial score (nSPS) is 23.5. The highest BCUT2D eigenvalue weighted by molar-refractivity contribution is 6.16. The van der Waals surface area contributed by atoms with Gasteiger partial charge in [0.15, 0.2) is 11.8 Å². The van der Waals surface area contributed by atoms with Crippen molar-refractivity contribution in [3.8, 4) is 0 Å². The Morgan fingerprint density at radius 2 is 2.00 bits per heavy atom. The van der Waals surface area contributed by atoms with E-state index >= 15 is 0 Å². The summed E-state index contributed by atoms with van der Waals surface area (Å²) in [6.07, 6.45) is 7.35. The molecule has 1 aromatic rings. The Labute approximate surface area is 193 Å². The standard InChI is InChI=1S/C25H29N3O5/c1-15-7-5-8-17(11-15)18-9-6-10-25(3,13-18)19(12-20(29)30)26-24(33)27-21-22(31)16(2)14-28(4)23(21)32/h5-11,14,19,21H,12-13H2,1-4H3,(H,29,30)(H2,26,27,33). The van der Waals surface area contributed by atoms with Crippen molar-refractivity contribution in [1.82, 2.24) is 15.5 Å². The van der Waals surface area contributed by atoms with Crippen molar-refractivity contribution in [2.24, 2.45) is 5.41 Å². The fourth-order valence-electron chi connectivity index (χ4n) is 4.24. The molecule has 2 aliphatic rings. The van der Waals surface area contributed by atoms with E-state index in [1.54, 1.807) is 6.92 Å². The van der Waals surface area contributed by atoms with Gasteiger partial charge < -0.3 is 20.6 Å². The Hall–Kier alpha value is -3.68. The van der Waals surface area contributed by atoms with E-state index in [4.69, 9.17) is 0 Å². The number of aliphatic carboxylic acids is 1. The zero-order valence-corrected chi connectivity index (χ0v) is 19.2. The van der Waals surface area contributed by atoms with Crippen LogP contribution in [0.3, 0.4) is 0 Å². The van der Waals surface area contributed by atoms with Crippen LogP contribution in [-0.4, -0.2) is 52.8 Å². The summed E-state index contributed by atoms with van der Waals surface area (Å²) in [5.74, 6) is -2.11. The molecule has 0 spiro atoms. The second kappa shape index (κ2) is 9.44. The predicted molar refractivity (Wildman–Crippen MR) is 124 cm³/mol. The second-order valence-electron chi connectivity index (χ2n) is 8.93. The summed E-state index contributed by atoms with van der Waals surface area (Å²) < 4.78 is 0. The van der Waals surface area contributed by atoms with Crippen LogP contribution in [0.25, 0.3) is 5.57 Å². The molecule has 0 radical (unpaired) electrons. The average Bonchev–Trinajstić information content (AvgIpc) is 2.74. The molecule has 0 saturated heterocycles. The molecule has 8 heteroatoms. The Balaban J connectivity index is 1.79. The first-order valence-corrected chi connectivity index (χ1v) is 10.7. The molecule has 0 bridgehead atoms. The third-order valence-electron chi connectivity index (χ3n) is 6.12. The monoisotopic (exact) mass is 451 g/mol. The molecule has 3 amide bonds. The van der Waals surface area contributed by atoms with Crippen LogP contribution in [0.5, 0.6) is 0 Å². The van der Waals surface area contributed by atoms with E-state index < -0.39 is 41.2 Å². The van der Waals surface area contributed by atoms with Crippen LogP contribution in [0.2, 0.25) is 0 Å². The van der Waals surface area contributed by atoms with Gasteiger partial charge in [-0.15, -0.1) is 0 Å². The first kappa shape index (κ1) is 24.0. The molecule has 3 atom stereocenters. The number of hydrogen-bond donors (Lipinski definition) is 3. The van der Waals surface area contributed by atoms with E-state index in [9.17, 15) is 24.3 Å². The van der Waals surface area contributed by atoms with Crippen molar-refractivity contribution in [3.05, 3.63) is 65.4 Å². The number of likely N-dealkylation sites (N-methyl/N-ethyl adjacent to an activating group) is 1. The fourth-order valence-corrected chi connectivity index (χ4v) is 4.24. The van der Waals surface area contributed by atoms with Gasteiger partial charge in [-0.1, -0.05) is 55.0 Å². The summed E-state index contributed by atoms with van der Waals surface area (Å²) in [6.45, 7) is 5.46. The van der Waals surface area contributed by atoms with Gasteiger partial charge in [0, 0.05) is 24.2 Å². The summed E-state index contributed by atoms with van der Waals surface area (Å²) in [4.78, 5) is 50.4. The number of allylic oxidation sites excluding steroid dienone is 3. The van der Waals surface area contributed by atoms with Crippen molar-refractivity contribution in [2.45, 2.75) is 45.7 Å². The van der Waals surface area contributed by atoms with E-state index in [0.717, 1.165) is 16.7 Å². The highest BCUT2D eigenvalue weighted by atomic mass is 16.4. The van der Waals surface area contributed by atoms with Gasteiger partial charge in [0.1, 0.15) is 0 Å². The number of carbonyl (C=O) groups is 4. The summed E-state index contributed by atoms with van der Waals surface area (Å²) in [5.41, 5.74) is 2.82. The quantitative estimate of drug-likeness (QED) is 0.575. The van der Waals surface area contributed by atoms with Gasteiger partial charge in [-0.2, -0.15) is 0 Å². The van der Waals surface area contributed by atoms with Gasteiger partial charge in [-0.3, -0.25) is 14.4 Å². The van der Waals surface area contributed by atoms with E-state index in [1.807, 2.05) is 50.3 Å². The molecular weight excluding hydrogens is 422 g/mol. The minimum absolute atomic E-state index is 0.319. The van der Waals surface area contributed by atoms with Crippen molar-refractivity contribution in [3.63, 3.8) is 0 Å². The number of aryl methyl sites for hydroxylation is 1. The third kappa shape index (κ3) is 5.39. The molecule has 1 aromatic carbocycles. The van der Waals surface area contributed by atoms with Crippen LogP contribution >= 0.6 is 0 Å². The predicted octanol–water partition coefficient (Wildman–Crippen LogP) is 2.80. The van der Waals surface area contributed by atoms with Gasteiger partial charge in [0.2, 0.25) is 0 Å². The molecule has 174 valence electrons. The highest BCUT2D eigenvalue weighted by Gasteiger charge is 2.39. The number of urea groups is 1. The van der Waals surface area contributed by atoms with Crippen LogP contribution in [0.15, 0.2) is 54.3 Å². The Morgan fingerprint density at radius 1 is 1.27 bits per heavy atom. The maximum Gasteiger partial charge on any atom is 0.316 e. The summed E-state index contributed by atoms with van der Waals surface area (Å²) >= 11 is 0. The molecular formula is C25H29N3O5. The van der Waals surface area contributed by atoms with Crippen molar-refractivity contribution >= 4 is 29.3 Å². The number of benzene rings is 1. The number of nitrogens with zero attached hydrogens (tertiary/aromatic N) is 1. The minimum Gasteiger partial charge on any atom is -0.481 e. The largest absolute Gasteiger partial charge is 0.481 e. The Bertz CT molecular complexity index is 1090. The van der Waals surface area contributed by atoms with Crippen LogP contribution in [-0.2, 0) is 14.4 Å². The average molecular weight is 452 g/mol. The van der Waals surface area contributed by atoms with Crippen molar-refractivity contribution in [1.29, 1.82) is 0 Å². The molecule has 33 heavy (non-hydrogen) atoms. The second-order valence-corrected chi connectivity index (χ2v) is 8.93. The summed E-state index contributed by atoms with van der Waals surface area (Å²) in [6, 6.07) is 5.14. The van der Waals surface area contributed by atoms with E-state index in [2.05, 4.69) is 16.7 Å². The number of carbonyl (C=O) groups excluding carboxylic acids is 3. The Morgan fingerprint density at radius 3 is 2.67 bits per heavy atom. The van der Waals surface area contributed by atoms with Crippen LogP contribution < -0.4 is 10.6 Å². The van der Waals surface area contributed by atoms with Gasteiger partial charge in [-0.05, 0) is 31.4 Å². The van der Waals surface area contributed by atoms with Crippen LogP contribution in [0, 0.1) is 12.3 Å². The highest BCUT2D eigenvalue weighted by Crippen LogP contribution is 2.40. The van der Waals surface area contributed by atoms with Crippen LogP contribution in [0.1, 0.15) is 37.8 Å². The maximum atomic E-state index is 12.8. The number of Topliss-reactive ketones (excluding diaryl/α,β-unsaturated/α-hetero) is 1.